The summed E-state index contributed by atoms with van der Waals surface area (Å²) in [6, 6.07) is 5.18. The first-order chi connectivity index (χ1) is 10.9. The summed E-state index contributed by atoms with van der Waals surface area (Å²) >= 11 is 0. The summed E-state index contributed by atoms with van der Waals surface area (Å²) < 4.78 is 11.7. The molecule has 0 radical (unpaired) electrons. The van der Waals surface area contributed by atoms with Gasteiger partial charge in [-0.25, -0.2) is 0 Å². The highest BCUT2D eigenvalue weighted by molar-refractivity contribution is 5.43. The molecule has 2 bridgehead atoms. The van der Waals surface area contributed by atoms with Gasteiger partial charge < -0.3 is 19.7 Å². The van der Waals surface area contributed by atoms with Gasteiger partial charge in [0.2, 0.25) is 0 Å². The smallest absolute Gasteiger partial charge is 0.128 e. The fourth-order valence-electron chi connectivity index (χ4n) is 4.50. The summed E-state index contributed by atoms with van der Waals surface area (Å²) in [5.41, 5.74) is 2.04. The molecule has 0 spiro atoms. The number of benzene rings is 1. The fourth-order valence-corrected chi connectivity index (χ4v) is 4.50. The maximum Gasteiger partial charge on any atom is 0.128 e. The minimum Gasteiger partial charge on any atom is -0.508 e. The zero-order valence-electron chi connectivity index (χ0n) is 14.2. The Bertz CT molecular complexity index is 624. The van der Waals surface area contributed by atoms with Gasteiger partial charge in [-0.15, -0.1) is 0 Å². The van der Waals surface area contributed by atoms with Crippen LogP contribution in [0.5, 0.6) is 11.5 Å². The van der Waals surface area contributed by atoms with Crippen LogP contribution in [0.2, 0.25) is 0 Å². The number of hydrogen-bond donors (Lipinski definition) is 2. The second-order valence-corrected chi connectivity index (χ2v) is 7.06. The Morgan fingerprint density at radius 2 is 2.09 bits per heavy atom. The Balaban J connectivity index is 2.06. The molecule has 0 amide bonds. The molecule has 5 atom stereocenters. The van der Waals surface area contributed by atoms with Crippen molar-refractivity contribution < 1.29 is 19.7 Å². The van der Waals surface area contributed by atoms with Crippen molar-refractivity contribution in [2.45, 2.75) is 26.9 Å². The number of methoxy groups -OCH3 is 1. The molecule has 2 aliphatic rings. The molecule has 126 valence electrons. The normalized spacial score (nSPS) is 36.5. The molecule has 4 heteroatoms. The highest BCUT2D eigenvalue weighted by Crippen LogP contribution is 2.56. The maximum atomic E-state index is 10.0. The van der Waals surface area contributed by atoms with E-state index in [1.165, 1.54) is 5.57 Å². The number of hydrogen-bond acceptors (Lipinski definition) is 4. The first-order valence-corrected chi connectivity index (χ1v) is 8.22. The van der Waals surface area contributed by atoms with E-state index in [-0.39, 0.29) is 29.8 Å². The molecule has 0 saturated carbocycles. The quantitative estimate of drug-likeness (QED) is 0.840. The molecule has 3 rings (SSSR count). The highest BCUT2D eigenvalue weighted by atomic mass is 16.5. The minimum atomic E-state index is -0.217. The van der Waals surface area contributed by atoms with E-state index in [4.69, 9.17) is 9.47 Å². The van der Waals surface area contributed by atoms with Crippen LogP contribution in [0.3, 0.4) is 0 Å². The largest absolute Gasteiger partial charge is 0.508 e. The molecule has 1 aliphatic heterocycles. The third-order valence-electron chi connectivity index (χ3n) is 6.07. The lowest BCUT2D eigenvalue weighted by Gasteiger charge is -2.55. The summed E-state index contributed by atoms with van der Waals surface area (Å²) in [6.07, 6.45) is 2.16. The monoisotopic (exact) mass is 318 g/mol. The van der Waals surface area contributed by atoms with Crippen molar-refractivity contribution in [2.24, 2.45) is 23.2 Å². The van der Waals surface area contributed by atoms with Gasteiger partial charge in [-0.2, -0.15) is 0 Å². The first-order valence-electron chi connectivity index (χ1n) is 8.22. The number of fused-ring (bicyclic) bond motifs is 2. The van der Waals surface area contributed by atoms with Gasteiger partial charge >= 0.3 is 0 Å². The van der Waals surface area contributed by atoms with Crippen LogP contribution in [0.4, 0.5) is 0 Å². The van der Waals surface area contributed by atoms with Gasteiger partial charge in [0.05, 0.1) is 26.4 Å². The van der Waals surface area contributed by atoms with Crippen molar-refractivity contribution in [1.29, 1.82) is 0 Å². The molecular formula is C19H26O4. The van der Waals surface area contributed by atoms with E-state index >= 15 is 0 Å². The molecule has 1 heterocycles. The SMILES string of the molecule is COc1cc(O)ccc1C1OCC2(CO)C(C)C=C(C)C1C2C. The van der Waals surface area contributed by atoms with Gasteiger partial charge in [0.1, 0.15) is 11.5 Å². The maximum absolute atomic E-state index is 10.0. The van der Waals surface area contributed by atoms with Crippen LogP contribution in [0, 0.1) is 23.2 Å². The summed E-state index contributed by atoms with van der Waals surface area (Å²) in [6.45, 7) is 7.19. The fraction of sp³-hybridized carbons (Fsp3) is 0.579. The molecule has 5 unspecified atom stereocenters. The standard InChI is InChI=1S/C19H26O4/c1-11-7-12(2)19(9-20)10-23-18(17(11)13(19)3)15-6-5-14(21)8-16(15)22-4/h5-8,12-13,17-18,20-21H,9-10H2,1-4H3. The van der Waals surface area contributed by atoms with E-state index in [1.54, 1.807) is 19.2 Å². The predicted molar refractivity (Wildman–Crippen MR) is 88.4 cm³/mol. The molecule has 1 aromatic rings. The number of phenols is 1. The summed E-state index contributed by atoms with van der Waals surface area (Å²) in [4.78, 5) is 0. The summed E-state index contributed by atoms with van der Waals surface area (Å²) in [5, 5.41) is 19.7. The van der Waals surface area contributed by atoms with Gasteiger partial charge in [0, 0.05) is 23.0 Å². The van der Waals surface area contributed by atoms with E-state index < -0.39 is 0 Å². The van der Waals surface area contributed by atoms with Gasteiger partial charge in [-0.1, -0.05) is 25.5 Å². The van der Waals surface area contributed by atoms with Crippen molar-refractivity contribution in [3.05, 3.63) is 35.4 Å². The summed E-state index contributed by atoms with van der Waals surface area (Å²) in [7, 11) is 1.61. The van der Waals surface area contributed by atoms with Crippen molar-refractivity contribution in [1.82, 2.24) is 0 Å². The molecule has 0 aromatic heterocycles. The minimum absolute atomic E-state index is 0.121. The molecule has 23 heavy (non-hydrogen) atoms. The van der Waals surface area contributed by atoms with Crippen LogP contribution in [-0.4, -0.2) is 30.5 Å². The van der Waals surface area contributed by atoms with Crippen molar-refractivity contribution in [3.8, 4) is 11.5 Å². The van der Waals surface area contributed by atoms with E-state index in [0.717, 1.165) is 5.56 Å². The van der Waals surface area contributed by atoms with Gasteiger partial charge in [0.15, 0.2) is 0 Å². The third-order valence-corrected chi connectivity index (χ3v) is 6.07. The lowest BCUT2D eigenvalue weighted by Crippen LogP contribution is -2.53. The van der Waals surface area contributed by atoms with Crippen molar-refractivity contribution in [2.75, 3.05) is 20.3 Å². The van der Waals surface area contributed by atoms with Crippen molar-refractivity contribution in [3.63, 3.8) is 0 Å². The van der Waals surface area contributed by atoms with Crippen LogP contribution in [0.15, 0.2) is 29.8 Å². The number of rotatable bonds is 3. The second kappa shape index (κ2) is 5.84. The first kappa shape index (κ1) is 16.3. The number of aromatic hydroxyl groups is 1. The van der Waals surface area contributed by atoms with E-state index in [0.29, 0.717) is 24.2 Å². The van der Waals surface area contributed by atoms with Crippen LogP contribution in [-0.2, 0) is 4.74 Å². The molecule has 2 N–H and O–H groups in total. The number of phenolic OH excluding ortho intramolecular Hbond substituents is 1. The Morgan fingerprint density at radius 3 is 2.74 bits per heavy atom. The van der Waals surface area contributed by atoms with E-state index in [9.17, 15) is 10.2 Å². The second-order valence-electron chi connectivity index (χ2n) is 7.06. The number of ether oxygens (including phenoxy) is 2. The molecule has 4 nitrogen and oxygen atoms in total. The van der Waals surface area contributed by atoms with Crippen LogP contribution in [0.1, 0.15) is 32.4 Å². The molecule has 1 aliphatic carbocycles. The zero-order chi connectivity index (χ0) is 16.8. The van der Waals surface area contributed by atoms with E-state index in [2.05, 4.69) is 26.8 Å². The Morgan fingerprint density at radius 1 is 1.35 bits per heavy atom. The molecule has 1 fully saturated rings. The number of aliphatic hydroxyl groups is 1. The lowest BCUT2D eigenvalue weighted by molar-refractivity contribution is -0.165. The van der Waals surface area contributed by atoms with Gasteiger partial charge in [0.25, 0.3) is 0 Å². The average Bonchev–Trinajstić information content (AvgIpc) is 2.53. The topological polar surface area (TPSA) is 58.9 Å². The zero-order valence-corrected chi connectivity index (χ0v) is 14.2. The van der Waals surface area contributed by atoms with Gasteiger partial charge in [-0.3, -0.25) is 0 Å². The average molecular weight is 318 g/mol. The molecule has 1 saturated heterocycles. The third kappa shape index (κ3) is 2.36. The molecular weight excluding hydrogens is 292 g/mol. The Labute approximate surface area is 137 Å². The van der Waals surface area contributed by atoms with Gasteiger partial charge in [-0.05, 0) is 30.9 Å². The van der Waals surface area contributed by atoms with Crippen LogP contribution < -0.4 is 4.74 Å². The van der Waals surface area contributed by atoms with E-state index in [1.807, 2.05) is 6.07 Å². The summed E-state index contributed by atoms with van der Waals surface area (Å²) in [5.74, 6) is 1.63. The van der Waals surface area contributed by atoms with Crippen LogP contribution in [0.25, 0.3) is 0 Å². The Hall–Kier alpha value is -1.52. The molecule has 1 aromatic carbocycles. The highest BCUT2D eigenvalue weighted by Gasteiger charge is 2.53. The Kier molecular flexibility index (Phi) is 4.15. The predicted octanol–water partition coefficient (Wildman–Crippen LogP) is 3.30. The van der Waals surface area contributed by atoms with Crippen LogP contribution >= 0.6 is 0 Å². The number of aliphatic hydroxyl groups excluding tert-OH is 1. The lowest BCUT2D eigenvalue weighted by atomic mass is 9.56. The van der Waals surface area contributed by atoms with Crippen molar-refractivity contribution >= 4 is 0 Å². The number of allylic oxidation sites excluding steroid dienone is 1.